The standard InChI is InChI=1S/C21H29N5O/c1-22-21(23-15-17-16-26-12-6-5-9-20(26)24-17)25-13-10-19(11-14-25)27-18-7-3-2-4-8-18/h2-4,7-8,16,19H,5-6,9-15H2,1H3,(H,22,23). The number of rotatable bonds is 4. The Balaban J connectivity index is 1.27. The molecule has 144 valence electrons. The number of fused-ring (bicyclic) bond motifs is 1. The SMILES string of the molecule is CN=C(NCc1cn2c(n1)CCCC2)N1CCC(Oc2ccccc2)CC1. The summed E-state index contributed by atoms with van der Waals surface area (Å²) in [5.41, 5.74) is 1.11. The maximum atomic E-state index is 6.09. The average molecular weight is 367 g/mol. The largest absolute Gasteiger partial charge is 0.490 e. The molecule has 1 N–H and O–H groups in total. The molecular formula is C21H29N5O. The van der Waals surface area contributed by atoms with E-state index in [0.717, 1.165) is 62.8 Å². The summed E-state index contributed by atoms with van der Waals surface area (Å²) in [6, 6.07) is 10.1. The number of ether oxygens (including phenoxy) is 1. The highest BCUT2D eigenvalue weighted by molar-refractivity contribution is 5.79. The summed E-state index contributed by atoms with van der Waals surface area (Å²) in [6.45, 7) is 3.74. The summed E-state index contributed by atoms with van der Waals surface area (Å²) in [6.07, 6.45) is 8.10. The zero-order chi connectivity index (χ0) is 18.5. The van der Waals surface area contributed by atoms with Crippen molar-refractivity contribution in [2.45, 2.75) is 51.3 Å². The Morgan fingerprint density at radius 2 is 2.00 bits per heavy atom. The molecule has 0 atom stereocenters. The van der Waals surface area contributed by atoms with E-state index < -0.39 is 0 Å². The van der Waals surface area contributed by atoms with Crippen molar-refractivity contribution in [3.63, 3.8) is 0 Å². The van der Waals surface area contributed by atoms with Gasteiger partial charge in [-0.2, -0.15) is 0 Å². The molecule has 6 nitrogen and oxygen atoms in total. The molecule has 2 aliphatic rings. The molecule has 0 spiro atoms. The van der Waals surface area contributed by atoms with Crippen LogP contribution in [0.5, 0.6) is 5.75 Å². The van der Waals surface area contributed by atoms with Crippen molar-refractivity contribution in [2.75, 3.05) is 20.1 Å². The molecule has 0 unspecified atom stereocenters. The second kappa shape index (κ2) is 8.46. The Kier molecular flexibility index (Phi) is 5.61. The van der Waals surface area contributed by atoms with E-state index in [2.05, 4.69) is 26.0 Å². The van der Waals surface area contributed by atoms with Crippen molar-refractivity contribution < 1.29 is 4.74 Å². The number of para-hydroxylation sites is 1. The van der Waals surface area contributed by atoms with Crippen LogP contribution in [0.1, 0.15) is 37.2 Å². The highest BCUT2D eigenvalue weighted by atomic mass is 16.5. The summed E-state index contributed by atoms with van der Waals surface area (Å²) < 4.78 is 8.39. The van der Waals surface area contributed by atoms with E-state index in [0.29, 0.717) is 0 Å². The number of hydrogen-bond donors (Lipinski definition) is 1. The van der Waals surface area contributed by atoms with Crippen LogP contribution in [0.4, 0.5) is 0 Å². The molecule has 2 aliphatic heterocycles. The molecule has 3 heterocycles. The second-order valence-corrected chi connectivity index (χ2v) is 7.32. The summed E-state index contributed by atoms with van der Waals surface area (Å²) in [5.74, 6) is 3.15. The third-order valence-corrected chi connectivity index (χ3v) is 5.39. The van der Waals surface area contributed by atoms with Gasteiger partial charge in [0.15, 0.2) is 5.96 Å². The third kappa shape index (κ3) is 4.43. The van der Waals surface area contributed by atoms with Crippen LogP contribution in [-0.2, 0) is 19.5 Å². The van der Waals surface area contributed by atoms with Gasteiger partial charge in [-0.15, -0.1) is 0 Å². The van der Waals surface area contributed by atoms with Crippen molar-refractivity contribution in [1.29, 1.82) is 0 Å². The lowest BCUT2D eigenvalue weighted by molar-refractivity contribution is 0.129. The molecule has 1 aromatic heterocycles. The minimum atomic E-state index is 0.279. The van der Waals surface area contributed by atoms with E-state index >= 15 is 0 Å². The fraction of sp³-hybridized carbons (Fsp3) is 0.524. The lowest BCUT2D eigenvalue weighted by atomic mass is 10.1. The zero-order valence-electron chi connectivity index (χ0n) is 16.1. The molecule has 0 bridgehead atoms. The normalized spacial score (nSPS) is 18.3. The fourth-order valence-electron chi connectivity index (χ4n) is 3.94. The molecule has 4 rings (SSSR count). The minimum Gasteiger partial charge on any atom is -0.490 e. The van der Waals surface area contributed by atoms with E-state index in [1.165, 1.54) is 18.7 Å². The van der Waals surface area contributed by atoms with E-state index in [4.69, 9.17) is 9.72 Å². The van der Waals surface area contributed by atoms with Crippen molar-refractivity contribution in [3.05, 3.63) is 48.0 Å². The molecule has 6 heteroatoms. The molecule has 0 aliphatic carbocycles. The summed E-state index contributed by atoms with van der Waals surface area (Å²) in [4.78, 5) is 11.6. The number of aryl methyl sites for hydroxylation is 2. The van der Waals surface area contributed by atoms with Crippen LogP contribution in [0.25, 0.3) is 0 Å². The van der Waals surface area contributed by atoms with Gasteiger partial charge in [0.05, 0.1) is 12.2 Å². The van der Waals surface area contributed by atoms with Gasteiger partial charge in [-0.3, -0.25) is 4.99 Å². The highest BCUT2D eigenvalue weighted by Gasteiger charge is 2.23. The smallest absolute Gasteiger partial charge is 0.193 e. The van der Waals surface area contributed by atoms with Gasteiger partial charge in [-0.25, -0.2) is 4.98 Å². The predicted octanol–water partition coefficient (Wildman–Crippen LogP) is 2.84. The minimum absolute atomic E-state index is 0.279. The van der Waals surface area contributed by atoms with Gasteiger partial charge in [-0.1, -0.05) is 18.2 Å². The summed E-state index contributed by atoms with van der Waals surface area (Å²) in [5, 5.41) is 3.49. The zero-order valence-corrected chi connectivity index (χ0v) is 16.1. The Hall–Kier alpha value is -2.50. The Labute approximate surface area is 161 Å². The van der Waals surface area contributed by atoms with E-state index in [9.17, 15) is 0 Å². The van der Waals surface area contributed by atoms with Gasteiger partial charge in [0.2, 0.25) is 0 Å². The predicted molar refractivity (Wildman–Crippen MR) is 107 cm³/mol. The van der Waals surface area contributed by atoms with E-state index in [1.807, 2.05) is 37.4 Å². The molecule has 0 saturated carbocycles. The number of hydrogen-bond acceptors (Lipinski definition) is 3. The van der Waals surface area contributed by atoms with Crippen molar-refractivity contribution in [3.8, 4) is 5.75 Å². The summed E-state index contributed by atoms with van der Waals surface area (Å²) in [7, 11) is 1.85. The van der Waals surface area contributed by atoms with Crippen LogP contribution < -0.4 is 10.1 Å². The number of guanidine groups is 1. The van der Waals surface area contributed by atoms with Gasteiger partial charge in [0.25, 0.3) is 0 Å². The Bertz CT molecular complexity index is 739. The number of nitrogens with one attached hydrogen (secondary N) is 1. The number of nitrogens with zero attached hydrogens (tertiary/aromatic N) is 4. The average Bonchev–Trinajstić information content (AvgIpc) is 3.13. The van der Waals surface area contributed by atoms with Gasteiger partial charge in [-0.05, 0) is 25.0 Å². The first-order chi connectivity index (χ1) is 13.3. The maximum Gasteiger partial charge on any atom is 0.193 e. The Morgan fingerprint density at radius 1 is 1.19 bits per heavy atom. The van der Waals surface area contributed by atoms with Gasteiger partial charge >= 0.3 is 0 Å². The van der Waals surface area contributed by atoms with Crippen LogP contribution in [0.2, 0.25) is 0 Å². The van der Waals surface area contributed by atoms with Crippen LogP contribution in [0.3, 0.4) is 0 Å². The highest BCUT2D eigenvalue weighted by Crippen LogP contribution is 2.19. The maximum absolute atomic E-state index is 6.09. The number of piperidine rings is 1. The van der Waals surface area contributed by atoms with Crippen LogP contribution in [0, 0.1) is 0 Å². The van der Waals surface area contributed by atoms with E-state index in [1.54, 1.807) is 0 Å². The molecule has 1 fully saturated rings. The van der Waals surface area contributed by atoms with Gasteiger partial charge < -0.3 is 19.5 Å². The first-order valence-electron chi connectivity index (χ1n) is 10.0. The number of imidazole rings is 1. The fourth-order valence-corrected chi connectivity index (χ4v) is 3.94. The molecule has 0 amide bonds. The van der Waals surface area contributed by atoms with E-state index in [-0.39, 0.29) is 6.10 Å². The molecule has 0 radical (unpaired) electrons. The third-order valence-electron chi connectivity index (χ3n) is 5.39. The monoisotopic (exact) mass is 367 g/mol. The van der Waals surface area contributed by atoms with Crippen LogP contribution in [0.15, 0.2) is 41.5 Å². The number of aromatic nitrogens is 2. The molecule has 2 aromatic rings. The second-order valence-electron chi connectivity index (χ2n) is 7.32. The first-order valence-corrected chi connectivity index (χ1v) is 10.0. The number of likely N-dealkylation sites (tertiary alicyclic amines) is 1. The summed E-state index contributed by atoms with van der Waals surface area (Å²) >= 11 is 0. The lowest BCUT2D eigenvalue weighted by Crippen LogP contribution is -2.47. The van der Waals surface area contributed by atoms with Gasteiger partial charge in [0.1, 0.15) is 17.7 Å². The first kappa shape index (κ1) is 17.9. The van der Waals surface area contributed by atoms with Crippen molar-refractivity contribution in [2.24, 2.45) is 4.99 Å². The van der Waals surface area contributed by atoms with Crippen molar-refractivity contribution >= 4 is 5.96 Å². The van der Waals surface area contributed by atoms with Crippen LogP contribution >= 0.6 is 0 Å². The molecule has 1 saturated heterocycles. The number of aliphatic imine (C=N–C) groups is 1. The topological polar surface area (TPSA) is 54.7 Å². The quantitative estimate of drug-likeness (QED) is 0.667. The Morgan fingerprint density at radius 3 is 2.74 bits per heavy atom. The lowest BCUT2D eigenvalue weighted by Gasteiger charge is -2.34. The van der Waals surface area contributed by atoms with Crippen molar-refractivity contribution in [1.82, 2.24) is 19.8 Å². The molecule has 27 heavy (non-hydrogen) atoms. The van der Waals surface area contributed by atoms with Gasteiger partial charge in [0, 0.05) is 52.1 Å². The van der Waals surface area contributed by atoms with Crippen LogP contribution in [-0.4, -0.2) is 46.7 Å². The molecule has 1 aromatic carbocycles. The number of benzene rings is 1. The molecular weight excluding hydrogens is 338 g/mol.